The summed E-state index contributed by atoms with van der Waals surface area (Å²) < 4.78 is 20.7. The first-order valence-corrected chi connectivity index (χ1v) is 4.92. The van der Waals surface area contributed by atoms with E-state index in [1.807, 2.05) is 0 Å². The van der Waals surface area contributed by atoms with Crippen LogP contribution in [0.15, 0.2) is 0 Å². The summed E-state index contributed by atoms with van der Waals surface area (Å²) in [6, 6.07) is 0. The fourth-order valence-electron chi connectivity index (χ4n) is 1.06. The summed E-state index contributed by atoms with van der Waals surface area (Å²) in [4.78, 5) is 0. The lowest BCUT2D eigenvalue weighted by atomic mass is 10.4. The van der Waals surface area contributed by atoms with Crippen molar-refractivity contribution in [2.24, 2.45) is 0 Å². The van der Waals surface area contributed by atoms with Crippen LogP contribution in [-0.2, 0) is 18.9 Å². The number of aliphatic hydroxyl groups excluding tert-OH is 1. The second kappa shape index (κ2) is 5.04. The molecule has 0 saturated carbocycles. The molecule has 5 heteroatoms. The van der Waals surface area contributed by atoms with Crippen LogP contribution in [0.4, 0.5) is 0 Å². The van der Waals surface area contributed by atoms with E-state index in [-0.39, 0.29) is 24.9 Å². The molecule has 1 N–H and O–H groups in total. The molecule has 14 heavy (non-hydrogen) atoms. The standard InChI is InChI=1S/C9H16O5/c10-1-7(12-5-9-6-14-9)2-11-3-8-4-13-8/h7-10H,1-6H2/t7-,8-,9+/m0/s1. The third-order valence-corrected chi connectivity index (χ3v) is 2.13. The summed E-state index contributed by atoms with van der Waals surface area (Å²) in [6.07, 6.45) is 0.259. The van der Waals surface area contributed by atoms with Gasteiger partial charge in [0, 0.05) is 0 Å². The van der Waals surface area contributed by atoms with E-state index in [0.717, 1.165) is 13.2 Å². The highest BCUT2D eigenvalue weighted by Gasteiger charge is 2.25. The predicted molar refractivity (Wildman–Crippen MR) is 47.1 cm³/mol. The van der Waals surface area contributed by atoms with Gasteiger partial charge in [0.05, 0.1) is 39.6 Å². The molecule has 2 rings (SSSR count). The van der Waals surface area contributed by atoms with Gasteiger partial charge in [-0.1, -0.05) is 0 Å². The smallest absolute Gasteiger partial charge is 0.104 e. The Morgan fingerprint density at radius 3 is 2.43 bits per heavy atom. The van der Waals surface area contributed by atoms with Gasteiger partial charge in [-0.15, -0.1) is 0 Å². The molecule has 0 aromatic carbocycles. The molecule has 0 bridgehead atoms. The Balaban J connectivity index is 1.49. The molecule has 82 valence electrons. The van der Waals surface area contributed by atoms with Crippen molar-refractivity contribution < 1.29 is 24.1 Å². The second-order valence-electron chi connectivity index (χ2n) is 3.59. The highest BCUT2D eigenvalue weighted by molar-refractivity contribution is 4.70. The largest absolute Gasteiger partial charge is 0.394 e. The van der Waals surface area contributed by atoms with E-state index < -0.39 is 0 Å². The van der Waals surface area contributed by atoms with E-state index in [9.17, 15) is 0 Å². The molecule has 3 atom stereocenters. The quantitative estimate of drug-likeness (QED) is 0.523. The SMILES string of the molecule is OC[C@@H](COC[C@H]1CO1)OC[C@@H]1CO1. The van der Waals surface area contributed by atoms with E-state index in [1.165, 1.54) is 0 Å². The van der Waals surface area contributed by atoms with Crippen LogP contribution in [0, 0.1) is 0 Å². The van der Waals surface area contributed by atoms with Gasteiger partial charge in [0.25, 0.3) is 0 Å². The summed E-state index contributed by atoms with van der Waals surface area (Å²) in [6.45, 7) is 3.12. The minimum atomic E-state index is -0.238. The van der Waals surface area contributed by atoms with Gasteiger partial charge >= 0.3 is 0 Å². The molecule has 0 unspecified atom stereocenters. The van der Waals surface area contributed by atoms with Crippen molar-refractivity contribution in [3.05, 3.63) is 0 Å². The van der Waals surface area contributed by atoms with Gasteiger partial charge in [-0.2, -0.15) is 0 Å². The third kappa shape index (κ3) is 3.89. The van der Waals surface area contributed by atoms with Crippen molar-refractivity contribution in [2.45, 2.75) is 18.3 Å². The van der Waals surface area contributed by atoms with Gasteiger partial charge in [-0.25, -0.2) is 0 Å². The normalized spacial score (nSPS) is 31.5. The Labute approximate surface area is 82.9 Å². The highest BCUT2D eigenvalue weighted by atomic mass is 16.6. The number of aliphatic hydroxyl groups is 1. The summed E-state index contributed by atoms with van der Waals surface area (Å²) >= 11 is 0. The van der Waals surface area contributed by atoms with E-state index in [0.29, 0.717) is 19.8 Å². The van der Waals surface area contributed by atoms with Gasteiger partial charge in [0.15, 0.2) is 0 Å². The zero-order valence-corrected chi connectivity index (χ0v) is 8.05. The van der Waals surface area contributed by atoms with Crippen molar-refractivity contribution in [3.8, 4) is 0 Å². The van der Waals surface area contributed by atoms with Crippen molar-refractivity contribution in [3.63, 3.8) is 0 Å². The number of epoxide rings is 2. The van der Waals surface area contributed by atoms with E-state index in [1.54, 1.807) is 0 Å². The second-order valence-corrected chi connectivity index (χ2v) is 3.59. The first-order chi connectivity index (χ1) is 6.88. The lowest BCUT2D eigenvalue weighted by molar-refractivity contribution is -0.0481. The molecule has 0 aliphatic carbocycles. The first-order valence-electron chi connectivity index (χ1n) is 4.92. The highest BCUT2D eigenvalue weighted by Crippen LogP contribution is 2.11. The van der Waals surface area contributed by atoms with Gasteiger partial charge in [0.1, 0.15) is 18.3 Å². The van der Waals surface area contributed by atoms with Crippen LogP contribution in [-0.4, -0.2) is 63.1 Å². The zero-order valence-electron chi connectivity index (χ0n) is 8.05. The minimum absolute atomic E-state index is 0.0156. The van der Waals surface area contributed by atoms with Crippen LogP contribution in [0.2, 0.25) is 0 Å². The zero-order chi connectivity index (χ0) is 9.80. The maximum atomic E-state index is 8.96. The fraction of sp³-hybridized carbons (Fsp3) is 1.00. The van der Waals surface area contributed by atoms with Crippen LogP contribution in [0.25, 0.3) is 0 Å². The van der Waals surface area contributed by atoms with E-state index in [4.69, 9.17) is 24.1 Å². The molecular formula is C9H16O5. The maximum absolute atomic E-state index is 8.96. The van der Waals surface area contributed by atoms with Crippen LogP contribution >= 0.6 is 0 Å². The van der Waals surface area contributed by atoms with Crippen molar-refractivity contribution in [1.29, 1.82) is 0 Å². The van der Waals surface area contributed by atoms with Crippen molar-refractivity contribution in [1.82, 2.24) is 0 Å². The summed E-state index contributed by atoms with van der Waals surface area (Å²) in [5.41, 5.74) is 0. The minimum Gasteiger partial charge on any atom is -0.394 e. The molecule has 2 aliphatic heterocycles. The number of hydrogen-bond donors (Lipinski definition) is 1. The molecule has 0 aromatic heterocycles. The van der Waals surface area contributed by atoms with E-state index in [2.05, 4.69) is 0 Å². The molecule has 2 saturated heterocycles. The molecule has 0 spiro atoms. The van der Waals surface area contributed by atoms with Crippen LogP contribution < -0.4 is 0 Å². The molecule has 0 aromatic rings. The summed E-state index contributed by atoms with van der Waals surface area (Å²) in [5, 5.41) is 8.96. The Morgan fingerprint density at radius 1 is 1.21 bits per heavy atom. The Morgan fingerprint density at radius 2 is 1.86 bits per heavy atom. The topological polar surface area (TPSA) is 63.8 Å². The first kappa shape index (κ1) is 10.3. The Hall–Kier alpha value is -0.200. The van der Waals surface area contributed by atoms with Gasteiger partial charge < -0.3 is 24.1 Å². The number of rotatable bonds is 8. The van der Waals surface area contributed by atoms with Crippen molar-refractivity contribution in [2.75, 3.05) is 39.6 Å². The Kier molecular flexibility index (Phi) is 3.72. The molecule has 0 amide bonds. The molecular weight excluding hydrogens is 188 g/mol. The number of hydrogen-bond acceptors (Lipinski definition) is 5. The molecule has 5 nitrogen and oxygen atoms in total. The average molecular weight is 204 g/mol. The van der Waals surface area contributed by atoms with Crippen LogP contribution in [0.5, 0.6) is 0 Å². The summed E-state index contributed by atoms with van der Waals surface area (Å²) in [5.74, 6) is 0. The molecule has 2 fully saturated rings. The Bertz CT molecular complexity index is 167. The monoisotopic (exact) mass is 204 g/mol. The lowest BCUT2D eigenvalue weighted by Crippen LogP contribution is -2.26. The van der Waals surface area contributed by atoms with Crippen LogP contribution in [0.3, 0.4) is 0 Å². The van der Waals surface area contributed by atoms with E-state index >= 15 is 0 Å². The predicted octanol–water partition coefficient (Wildman–Crippen LogP) is -0.822. The molecule has 0 radical (unpaired) electrons. The van der Waals surface area contributed by atoms with Gasteiger partial charge in [-0.3, -0.25) is 0 Å². The molecule has 2 aliphatic rings. The lowest BCUT2D eigenvalue weighted by Gasteiger charge is -2.14. The van der Waals surface area contributed by atoms with Crippen LogP contribution in [0.1, 0.15) is 0 Å². The average Bonchev–Trinajstić information content (AvgIpc) is 3.01. The molecule has 2 heterocycles. The van der Waals surface area contributed by atoms with Gasteiger partial charge in [0.2, 0.25) is 0 Å². The fourth-order valence-corrected chi connectivity index (χ4v) is 1.06. The maximum Gasteiger partial charge on any atom is 0.104 e. The van der Waals surface area contributed by atoms with Crippen molar-refractivity contribution >= 4 is 0 Å². The van der Waals surface area contributed by atoms with Gasteiger partial charge in [-0.05, 0) is 0 Å². The summed E-state index contributed by atoms with van der Waals surface area (Å²) in [7, 11) is 0. The third-order valence-electron chi connectivity index (χ3n) is 2.13. The number of ether oxygens (including phenoxy) is 4.